The molecule has 0 heterocycles. The van der Waals surface area contributed by atoms with Crippen LogP contribution in [-0.4, -0.2) is 18.8 Å². The van der Waals surface area contributed by atoms with Crippen molar-refractivity contribution in [3.8, 4) is 0 Å². The smallest absolute Gasteiger partial charge is 0.416 e. The van der Waals surface area contributed by atoms with E-state index in [0.29, 0.717) is 11.1 Å². The number of hydrogen-bond donors (Lipinski definition) is 0. The minimum atomic E-state index is -4.47. The molecule has 0 aliphatic heterocycles. The molecule has 0 saturated carbocycles. The lowest BCUT2D eigenvalue weighted by atomic mass is 9.97. The summed E-state index contributed by atoms with van der Waals surface area (Å²) in [4.78, 5) is 11.8. The van der Waals surface area contributed by atoms with Gasteiger partial charge in [-0.15, -0.1) is 5.73 Å². The van der Waals surface area contributed by atoms with Gasteiger partial charge in [-0.3, -0.25) is 0 Å². The minimum absolute atomic E-state index is 0.0619. The highest BCUT2D eigenvalue weighted by Crippen LogP contribution is 2.25. The van der Waals surface area contributed by atoms with Crippen molar-refractivity contribution in [2.45, 2.75) is 13.1 Å². The summed E-state index contributed by atoms with van der Waals surface area (Å²) >= 11 is 0. The van der Waals surface area contributed by atoms with Crippen LogP contribution in [0.1, 0.15) is 28.4 Å². The molecule has 2 aromatic carbocycles. The monoisotopic (exact) mass is 332 g/mol. The zero-order chi connectivity index (χ0) is 17.6. The fourth-order valence-electron chi connectivity index (χ4n) is 2.11. The van der Waals surface area contributed by atoms with Gasteiger partial charge in [0, 0.05) is 5.57 Å². The standard InChI is InChI=1S/C19H15F3O2/c1-2-24-18(23)16-10-6-9-15(13-16)17(11-12-19(20,21)22)14-7-4-3-5-8-14/h3-10,12-13H,2H2,1H3. The molecule has 2 rings (SSSR count). The van der Waals surface area contributed by atoms with E-state index in [0.717, 1.165) is 0 Å². The van der Waals surface area contributed by atoms with Crippen molar-refractivity contribution in [1.29, 1.82) is 0 Å². The van der Waals surface area contributed by atoms with E-state index in [1.807, 2.05) is 0 Å². The topological polar surface area (TPSA) is 26.3 Å². The predicted molar refractivity (Wildman–Crippen MR) is 85.5 cm³/mol. The number of allylic oxidation sites excluding steroid dienone is 1. The summed E-state index contributed by atoms with van der Waals surface area (Å²) in [6.45, 7) is 1.90. The number of benzene rings is 2. The normalized spacial score (nSPS) is 10.7. The van der Waals surface area contributed by atoms with Crippen LogP contribution >= 0.6 is 0 Å². The van der Waals surface area contributed by atoms with E-state index in [-0.39, 0.29) is 23.8 Å². The second kappa shape index (κ2) is 7.66. The zero-order valence-electron chi connectivity index (χ0n) is 12.9. The summed E-state index contributed by atoms with van der Waals surface area (Å²) < 4.78 is 42.6. The maximum absolute atomic E-state index is 12.5. The van der Waals surface area contributed by atoms with Gasteiger partial charge in [-0.25, -0.2) is 4.79 Å². The number of rotatable bonds is 4. The summed E-state index contributed by atoms with van der Waals surface area (Å²) in [5, 5.41) is 0. The lowest BCUT2D eigenvalue weighted by Crippen LogP contribution is -2.05. The molecular formula is C19H15F3O2. The number of halogens is 3. The van der Waals surface area contributed by atoms with Crippen LogP contribution in [0.2, 0.25) is 0 Å². The fourth-order valence-corrected chi connectivity index (χ4v) is 2.11. The molecule has 0 amide bonds. The molecule has 0 aromatic heterocycles. The highest BCUT2D eigenvalue weighted by Gasteiger charge is 2.22. The number of ether oxygens (including phenoxy) is 1. The van der Waals surface area contributed by atoms with Crippen molar-refractivity contribution in [3.63, 3.8) is 0 Å². The third kappa shape index (κ3) is 4.86. The molecule has 0 unspecified atom stereocenters. The average Bonchev–Trinajstić information content (AvgIpc) is 2.55. The first kappa shape index (κ1) is 17.6. The Morgan fingerprint density at radius 3 is 2.29 bits per heavy atom. The van der Waals surface area contributed by atoms with E-state index in [1.165, 1.54) is 6.07 Å². The van der Waals surface area contributed by atoms with Gasteiger partial charge in [0.25, 0.3) is 0 Å². The maximum Gasteiger partial charge on any atom is 0.416 e. The predicted octanol–water partition coefficient (Wildman–Crippen LogP) is 5.01. The van der Waals surface area contributed by atoms with Crippen LogP contribution in [0.4, 0.5) is 13.2 Å². The Morgan fingerprint density at radius 2 is 1.67 bits per heavy atom. The molecule has 24 heavy (non-hydrogen) atoms. The molecule has 124 valence electrons. The Morgan fingerprint density at radius 1 is 1.04 bits per heavy atom. The number of carbonyl (C=O) groups excluding carboxylic acids is 1. The van der Waals surface area contributed by atoms with E-state index in [9.17, 15) is 18.0 Å². The lowest BCUT2D eigenvalue weighted by molar-refractivity contribution is -0.0796. The number of carbonyl (C=O) groups is 1. The SMILES string of the molecule is CCOC(=O)c1cccc(C(=C=CC(F)(F)F)c2ccccc2)c1. The average molecular weight is 332 g/mol. The summed E-state index contributed by atoms with van der Waals surface area (Å²) in [6.07, 6.45) is -4.41. The van der Waals surface area contributed by atoms with Gasteiger partial charge in [0.05, 0.1) is 18.2 Å². The summed E-state index contributed by atoms with van der Waals surface area (Å²) in [7, 11) is 0. The Hall–Kier alpha value is -2.78. The first-order chi connectivity index (χ1) is 11.4. The van der Waals surface area contributed by atoms with Crippen molar-refractivity contribution in [2.24, 2.45) is 0 Å². The second-order valence-electron chi connectivity index (χ2n) is 4.87. The van der Waals surface area contributed by atoms with Crippen LogP contribution in [0, 0.1) is 0 Å². The van der Waals surface area contributed by atoms with E-state index in [1.54, 1.807) is 55.5 Å². The van der Waals surface area contributed by atoms with Gasteiger partial charge in [0.2, 0.25) is 0 Å². The lowest BCUT2D eigenvalue weighted by Gasteiger charge is -2.08. The Labute approximate surface area is 137 Å². The van der Waals surface area contributed by atoms with Gasteiger partial charge < -0.3 is 4.74 Å². The van der Waals surface area contributed by atoms with Crippen LogP contribution in [-0.2, 0) is 4.74 Å². The number of hydrogen-bond acceptors (Lipinski definition) is 2. The highest BCUT2D eigenvalue weighted by atomic mass is 19.4. The van der Waals surface area contributed by atoms with Crippen molar-refractivity contribution in [2.75, 3.05) is 6.61 Å². The zero-order valence-corrected chi connectivity index (χ0v) is 12.9. The van der Waals surface area contributed by atoms with Gasteiger partial charge in [-0.2, -0.15) is 13.2 Å². The summed E-state index contributed by atoms with van der Waals surface area (Å²) in [5.41, 5.74) is 3.85. The van der Waals surface area contributed by atoms with Crippen molar-refractivity contribution >= 4 is 11.5 Å². The van der Waals surface area contributed by atoms with Gasteiger partial charge in [0.1, 0.15) is 0 Å². The van der Waals surface area contributed by atoms with E-state index in [2.05, 4.69) is 5.73 Å². The Kier molecular flexibility index (Phi) is 5.61. The first-order valence-corrected chi connectivity index (χ1v) is 7.28. The maximum atomic E-state index is 12.5. The van der Waals surface area contributed by atoms with Crippen molar-refractivity contribution in [3.05, 3.63) is 83.1 Å². The van der Waals surface area contributed by atoms with Crippen LogP contribution in [0.5, 0.6) is 0 Å². The van der Waals surface area contributed by atoms with Crippen LogP contribution in [0.3, 0.4) is 0 Å². The second-order valence-corrected chi connectivity index (χ2v) is 4.87. The molecule has 0 saturated heterocycles. The van der Waals surface area contributed by atoms with E-state index >= 15 is 0 Å². The first-order valence-electron chi connectivity index (χ1n) is 7.28. The van der Waals surface area contributed by atoms with Crippen molar-refractivity contribution in [1.82, 2.24) is 0 Å². The highest BCUT2D eigenvalue weighted by molar-refractivity contribution is 5.91. The molecule has 0 aliphatic carbocycles. The molecule has 0 bridgehead atoms. The van der Waals surface area contributed by atoms with Crippen LogP contribution in [0.15, 0.2) is 66.4 Å². The summed E-state index contributed by atoms with van der Waals surface area (Å²) in [5.74, 6) is -0.522. The minimum Gasteiger partial charge on any atom is -0.462 e. The molecule has 2 nitrogen and oxygen atoms in total. The molecule has 0 fully saturated rings. The quantitative estimate of drug-likeness (QED) is 0.581. The molecule has 0 aliphatic rings. The van der Waals surface area contributed by atoms with Gasteiger partial charge in [-0.05, 0) is 30.2 Å². The van der Waals surface area contributed by atoms with Gasteiger partial charge >= 0.3 is 12.1 Å². The summed E-state index contributed by atoms with van der Waals surface area (Å²) in [6, 6.07) is 14.9. The van der Waals surface area contributed by atoms with E-state index < -0.39 is 12.1 Å². The molecule has 2 aromatic rings. The molecule has 0 radical (unpaired) electrons. The third-order valence-electron chi connectivity index (χ3n) is 3.11. The molecule has 0 atom stereocenters. The Bertz CT molecular complexity index is 771. The number of alkyl halides is 3. The number of esters is 1. The molecular weight excluding hydrogens is 317 g/mol. The molecule has 0 spiro atoms. The molecule has 0 N–H and O–H groups in total. The van der Waals surface area contributed by atoms with Gasteiger partial charge in [-0.1, -0.05) is 42.5 Å². The largest absolute Gasteiger partial charge is 0.462 e. The van der Waals surface area contributed by atoms with Gasteiger partial charge in [0.15, 0.2) is 0 Å². The third-order valence-corrected chi connectivity index (χ3v) is 3.11. The Balaban J connectivity index is 2.55. The van der Waals surface area contributed by atoms with Crippen LogP contribution < -0.4 is 0 Å². The van der Waals surface area contributed by atoms with Crippen molar-refractivity contribution < 1.29 is 22.7 Å². The fraction of sp³-hybridized carbons (Fsp3) is 0.158. The van der Waals surface area contributed by atoms with Crippen LogP contribution in [0.25, 0.3) is 5.57 Å². The molecule has 5 heteroatoms. The van der Waals surface area contributed by atoms with E-state index in [4.69, 9.17) is 4.74 Å².